The number of benzene rings is 1. The van der Waals surface area contributed by atoms with Gasteiger partial charge in [0.05, 0.1) is 4.90 Å². The molecule has 6 heteroatoms. The summed E-state index contributed by atoms with van der Waals surface area (Å²) in [5.74, 6) is 1.47. The average molecular weight is 308 g/mol. The van der Waals surface area contributed by atoms with Crippen LogP contribution in [-0.2, 0) is 10.0 Å². The Hall–Kier alpha value is -1.79. The number of hydrogen-bond acceptors (Lipinski definition) is 4. The molecule has 0 saturated carbocycles. The minimum atomic E-state index is -3.63. The molecule has 3 N–H and O–H groups in total. The van der Waals surface area contributed by atoms with E-state index < -0.39 is 10.0 Å². The van der Waals surface area contributed by atoms with Crippen molar-refractivity contribution >= 4 is 15.7 Å². The molecule has 0 bridgehead atoms. The smallest absolute Gasteiger partial charge is 0.241 e. The first kappa shape index (κ1) is 15.6. The fraction of sp³-hybridized carbons (Fsp3) is 0.333. The van der Waals surface area contributed by atoms with E-state index in [-0.39, 0.29) is 10.9 Å². The molecule has 114 valence electrons. The van der Waals surface area contributed by atoms with Gasteiger partial charge < -0.3 is 10.2 Å². The Labute approximate surface area is 125 Å². The molecule has 0 aliphatic heterocycles. The Morgan fingerprint density at radius 3 is 2.33 bits per heavy atom. The number of nitrogens with one attached hydrogen (secondary N) is 1. The van der Waals surface area contributed by atoms with Crippen LogP contribution in [-0.4, -0.2) is 8.42 Å². The highest BCUT2D eigenvalue weighted by Gasteiger charge is 2.21. The first-order chi connectivity index (χ1) is 9.69. The molecule has 1 unspecified atom stereocenters. The molecule has 1 atom stereocenters. The van der Waals surface area contributed by atoms with Gasteiger partial charge >= 0.3 is 0 Å². The Morgan fingerprint density at radius 1 is 1.14 bits per heavy atom. The van der Waals surface area contributed by atoms with Gasteiger partial charge in [-0.15, -0.1) is 0 Å². The van der Waals surface area contributed by atoms with Crippen molar-refractivity contribution in [2.24, 2.45) is 0 Å². The molecule has 0 radical (unpaired) electrons. The highest BCUT2D eigenvalue weighted by molar-refractivity contribution is 7.89. The van der Waals surface area contributed by atoms with Gasteiger partial charge in [0.1, 0.15) is 11.5 Å². The third-order valence-corrected chi connectivity index (χ3v) is 4.78. The Morgan fingerprint density at radius 2 is 1.81 bits per heavy atom. The summed E-state index contributed by atoms with van der Waals surface area (Å²) >= 11 is 0. The highest BCUT2D eigenvalue weighted by Crippen LogP contribution is 2.24. The molecule has 0 spiro atoms. The normalized spacial score (nSPS) is 13.3. The molecule has 0 aliphatic carbocycles. The lowest BCUT2D eigenvalue weighted by Crippen LogP contribution is -2.27. The van der Waals surface area contributed by atoms with Gasteiger partial charge in [-0.2, -0.15) is 0 Å². The Balaban J connectivity index is 2.30. The van der Waals surface area contributed by atoms with E-state index in [1.807, 2.05) is 26.8 Å². The molecule has 5 nitrogen and oxygen atoms in total. The molecule has 1 aromatic carbocycles. The predicted molar refractivity (Wildman–Crippen MR) is 82.5 cm³/mol. The van der Waals surface area contributed by atoms with Crippen LogP contribution in [0.4, 0.5) is 5.69 Å². The number of hydrogen-bond donors (Lipinski definition) is 2. The number of anilines is 1. The lowest BCUT2D eigenvalue weighted by molar-refractivity contribution is 0.496. The van der Waals surface area contributed by atoms with Gasteiger partial charge in [-0.3, -0.25) is 0 Å². The van der Waals surface area contributed by atoms with Crippen molar-refractivity contribution in [1.29, 1.82) is 0 Å². The maximum Gasteiger partial charge on any atom is 0.241 e. The molecule has 21 heavy (non-hydrogen) atoms. The first-order valence-corrected chi connectivity index (χ1v) is 8.14. The molecule has 2 aromatic rings. The van der Waals surface area contributed by atoms with Crippen LogP contribution in [0.15, 0.2) is 33.6 Å². The second kappa shape index (κ2) is 5.54. The summed E-state index contributed by atoms with van der Waals surface area (Å²) in [6, 6.07) is 6.24. The van der Waals surface area contributed by atoms with Crippen molar-refractivity contribution in [2.75, 3.05) is 5.73 Å². The number of rotatable bonds is 4. The van der Waals surface area contributed by atoms with E-state index in [1.54, 1.807) is 19.1 Å². The van der Waals surface area contributed by atoms with E-state index in [0.29, 0.717) is 11.4 Å². The largest absolute Gasteiger partial charge is 0.466 e. The van der Waals surface area contributed by atoms with Crippen molar-refractivity contribution < 1.29 is 12.8 Å². The van der Waals surface area contributed by atoms with Crippen molar-refractivity contribution in [3.05, 3.63) is 46.9 Å². The average Bonchev–Trinajstić information content (AvgIpc) is 2.66. The highest BCUT2D eigenvalue weighted by atomic mass is 32.2. The van der Waals surface area contributed by atoms with Gasteiger partial charge in [0, 0.05) is 17.3 Å². The molecule has 0 fully saturated rings. The fourth-order valence-electron chi connectivity index (χ4n) is 2.38. The second-order valence-corrected chi connectivity index (χ2v) is 7.00. The fourth-order valence-corrected chi connectivity index (χ4v) is 3.74. The Kier molecular flexibility index (Phi) is 4.11. The molecular formula is C15H20N2O3S. The summed E-state index contributed by atoms with van der Waals surface area (Å²) in [5, 5.41) is 0. The van der Waals surface area contributed by atoms with Gasteiger partial charge in [0.15, 0.2) is 0 Å². The lowest BCUT2D eigenvalue weighted by Gasteiger charge is -2.14. The molecule has 1 heterocycles. The lowest BCUT2D eigenvalue weighted by atomic mass is 10.1. The summed E-state index contributed by atoms with van der Waals surface area (Å²) in [4.78, 5) is 0.171. The van der Waals surface area contributed by atoms with Gasteiger partial charge in [-0.1, -0.05) is 0 Å². The number of furan rings is 1. The predicted octanol–water partition coefficient (Wildman–Crippen LogP) is 2.83. The standard InChI is InChI=1S/C15H20N2O3S/c1-9-5-13(16)8-14(6-9)21(18,19)17-11(3)15-7-10(2)20-12(15)4/h5-8,11,17H,16H2,1-4H3. The van der Waals surface area contributed by atoms with E-state index in [0.717, 1.165) is 16.9 Å². The van der Waals surface area contributed by atoms with Gasteiger partial charge in [0.25, 0.3) is 0 Å². The number of nitrogens with two attached hydrogens (primary N) is 1. The third-order valence-electron chi connectivity index (χ3n) is 3.26. The van der Waals surface area contributed by atoms with Crippen molar-refractivity contribution in [3.63, 3.8) is 0 Å². The van der Waals surface area contributed by atoms with Crippen LogP contribution in [0.25, 0.3) is 0 Å². The summed E-state index contributed by atoms with van der Waals surface area (Å²) in [6.45, 7) is 7.24. The van der Waals surface area contributed by atoms with Gasteiger partial charge in [0.2, 0.25) is 10.0 Å². The number of aryl methyl sites for hydroxylation is 3. The minimum absolute atomic E-state index is 0.171. The molecule has 0 amide bonds. The third kappa shape index (κ3) is 3.46. The number of nitrogen functional groups attached to an aromatic ring is 1. The molecule has 0 saturated heterocycles. The van der Waals surface area contributed by atoms with Gasteiger partial charge in [-0.25, -0.2) is 13.1 Å². The van der Waals surface area contributed by atoms with Crippen molar-refractivity contribution in [1.82, 2.24) is 4.72 Å². The zero-order valence-electron chi connectivity index (χ0n) is 12.6. The topological polar surface area (TPSA) is 85.3 Å². The van der Waals surface area contributed by atoms with E-state index in [1.165, 1.54) is 6.07 Å². The van der Waals surface area contributed by atoms with E-state index in [4.69, 9.17) is 10.2 Å². The monoisotopic (exact) mass is 308 g/mol. The second-order valence-electron chi connectivity index (χ2n) is 5.29. The minimum Gasteiger partial charge on any atom is -0.466 e. The van der Waals surface area contributed by atoms with Crippen LogP contribution in [0.2, 0.25) is 0 Å². The van der Waals surface area contributed by atoms with E-state index in [9.17, 15) is 8.42 Å². The zero-order chi connectivity index (χ0) is 15.8. The molecule has 0 aliphatic rings. The Bertz CT molecular complexity index is 743. The van der Waals surface area contributed by atoms with Crippen molar-refractivity contribution in [3.8, 4) is 0 Å². The van der Waals surface area contributed by atoms with Gasteiger partial charge in [-0.05, 0) is 57.5 Å². The van der Waals surface area contributed by atoms with Crippen LogP contribution in [0.1, 0.15) is 35.6 Å². The molecule has 1 aromatic heterocycles. The number of sulfonamides is 1. The molecule has 2 rings (SSSR count). The van der Waals surface area contributed by atoms with Crippen LogP contribution in [0, 0.1) is 20.8 Å². The van der Waals surface area contributed by atoms with Crippen LogP contribution in [0.5, 0.6) is 0 Å². The zero-order valence-corrected chi connectivity index (χ0v) is 13.4. The van der Waals surface area contributed by atoms with E-state index in [2.05, 4.69) is 4.72 Å². The maximum atomic E-state index is 12.4. The summed E-state index contributed by atoms with van der Waals surface area (Å²) in [7, 11) is -3.63. The first-order valence-electron chi connectivity index (χ1n) is 6.65. The summed E-state index contributed by atoms with van der Waals surface area (Å²) in [6.07, 6.45) is 0. The molecular weight excluding hydrogens is 288 g/mol. The SMILES string of the molecule is Cc1cc(N)cc(S(=O)(=O)NC(C)c2cc(C)oc2C)c1. The van der Waals surface area contributed by atoms with Crippen LogP contribution < -0.4 is 10.5 Å². The quantitative estimate of drug-likeness (QED) is 0.850. The van der Waals surface area contributed by atoms with E-state index >= 15 is 0 Å². The van der Waals surface area contributed by atoms with Crippen molar-refractivity contribution in [2.45, 2.75) is 38.6 Å². The van der Waals surface area contributed by atoms with Crippen LogP contribution >= 0.6 is 0 Å². The summed E-state index contributed by atoms with van der Waals surface area (Å²) in [5.41, 5.74) is 7.78. The summed E-state index contributed by atoms with van der Waals surface area (Å²) < 4.78 is 33.0. The van der Waals surface area contributed by atoms with Crippen LogP contribution in [0.3, 0.4) is 0 Å². The maximum absolute atomic E-state index is 12.4.